The van der Waals surface area contributed by atoms with E-state index in [1.54, 1.807) is 4.68 Å². The van der Waals surface area contributed by atoms with E-state index in [4.69, 9.17) is 9.47 Å². The Labute approximate surface area is 188 Å². The second-order valence-electron chi connectivity index (χ2n) is 7.13. The second kappa shape index (κ2) is 9.30. The van der Waals surface area contributed by atoms with Crippen molar-refractivity contribution in [3.63, 3.8) is 0 Å². The van der Waals surface area contributed by atoms with Crippen molar-refractivity contribution in [2.24, 2.45) is 0 Å². The standard InChI is InChI=1S/C22H22BrN5O3/c1-3-12-30-21(29)19-14(2)24-22-25-26-27-28(22)20(19)16-6-10-18(11-7-16)31-13-15-4-8-17(23)9-5-15/h4-11,20H,3,12-13H2,1-2H3,(H,24,25,27). The number of allylic oxidation sites excluding steroid dienone is 1. The van der Waals surface area contributed by atoms with Crippen LogP contribution in [0.3, 0.4) is 0 Å². The maximum absolute atomic E-state index is 12.8. The highest BCUT2D eigenvalue weighted by molar-refractivity contribution is 9.10. The van der Waals surface area contributed by atoms with Gasteiger partial charge in [-0.3, -0.25) is 0 Å². The number of anilines is 1. The molecule has 1 aliphatic heterocycles. The Morgan fingerprint density at radius 2 is 1.90 bits per heavy atom. The van der Waals surface area contributed by atoms with Gasteiger partial charge in [-0.2, -0.15) is 4.68 Å². The van der Waals surface area contributed by atoms with Crippen LogP contribution >= 0.6 is 15.9 Å². The maximum atomic E-state index is 12.8. The van der Waals surface area contributed by atoms with Crippen molar-refractivity contribution in [2.45, 2.75) is 32.9 Å². The van der Waals surface area contributed by atoms with Gasteiger partial charge >= 0.3 is 5.97 Å². The number of esters is 1. The molecule has 0 amide bonds. The summed E-state index contributed by atoms with van der Waals surface area (Å²) in [6.45, 7) is 4.60. The van der Waals surface area contributed by atoms with Crippen LogP contribution in [-0.2, 0) is 16.1 Å². The van der Waals surface area contributed by atoms with Crippen molar-refractivity contribution >= 4 is 27.8 Å². The number of carbonyl (C=O) groups is 1. The number of hydrogen-bond acceptors (Lipinski definition) is 7. The van der Waals surface area contributed by atoms with Gasteiger partial charge in [-0.05, 0) is 59.2 Å². The minimum Gasteiger partial charge on any atom is -0.489 e. The fourth-order valence-electron chi connectivity index (χ4n) is 3.35. The summed E-state index contributed by atoms with van der Waals surface area (Å²) in [5, 5.41) is 14.9. The van der Waals surface area contributed by atoms with Gasteiger partial charge in [0.1, 0.15) is 18.4 Å². The highest BCUT2D eigenvalue weighted by atomic mass is 79.9. The van der Waals surface area contributed by atoms with Crippen LogP contribution in [0.15, 0.2) is 64.3 Å². The van der Waals surface area contributed by atoms with Crippen LogP contribution in [0.4, 0.5) is 5.95 Å². The topological polar surface area (TPSA) is 91.2 Å². The lowest BCUT2D eigenvalue weighted by Gasteiger charge is -2.27. The number of rotatable bonds is 7. The second-order valence-corrected chi connectivity index (χ2v) is 8.05. The number of halogens is 1. The Morgan fingerprint density at radius 1 is 1.16 bits per heavy atom. The van der Waals surface area contributed by atoms with E-state index in [-0.39, 0.29) is 5.97 Å². The summed E-state index contributed by atoms with van der Waals surface area (Å²) >= 11 is 3.43. The Morgan fingerprint density at radius 3 is 2.61 bits per heavy atom. The number of ether oxygens (including phenoxy) is 2. The van der Waals surface area contributed by atoms with E-state index in [9.17, 15) is 4.79 Å². The zero-order chi connectivity index (χ0) is 21.8. The fraction of sp³-hybridized carbons (Fsp3) is 0.273. The lowest BCUT2D eigenvalue weighted by atomic mass is 9.96. The predicted octanol–water partition coefficient (Wildman–Crippen LogP) is 4.26. The summed E-state index contributed by atoms with van der Waals surface area (Å²) in [7, 11) is 0. The van der Waals surface area contributed by atoms with Gasteiger partial charge in [0.05, 0.1) is 12.2 Å². The third-order valence-electron chi connectivity index (χ3n) is 4.89. The van der Waals surface area contributed by atoms with Gasteiger partial charge < -0.3 is 14.8 Å². The number of nitrogens with zero attached hydrogens (tertiary/aromatic N) is 4. The van der Waals surface area contributed by atoms with E-state index in [0.717, 1.165) is 27.8 Å². The first-order chi connectivity index (χ1) is 15.1. The summed E-state index contributed by atoms with van der Waals surface area (Å²) in [5.41, 5.74) is 3.08. The van der Waals surface area contributed by atoms with Crippen LogP contribution in [0.2, 0.25) is 0 Å². The maximum Gasteiger partial charge on any atom is 0.338 e. The number of tetrazole rings is 1. The summed E-state index contributed by atoms with van der Waals surface area (Å²) in [6.07, 6.45) is 0.747. The molecule has 0 radical (unpaired) electrons. The molecule has 0 spiro atoms. The molecule has 0 saturated carbocycles. The number of hydrogen-bond donors (Lipinski definition) is 1. The van der Waals surface area contributed by atoms with Crippen LogP contribution in [0.1, 0.15) is 37.4 Å². The SMILES string of the molecule is CCCOC(=O)C1=C(C)Nc2nnnn2C1c1ccc(OCc2ccc(Br)cc2)cc1. The van der Waals surface area contributed by atoms with Crippen LogP contribution in [-0.4, -0.2) is 32.8 Å². The van der Waals surface area contributed by atoms with Crippen molar-refractivity contribution in [1.82, 2.24) is 20.2 Å². The van der Waals surface area contributed by atoms with Crippen molar-refractivity contribution in [3.8, 4) is 5.75 Å². The van der Waals surface area contributed by atoms with Gasteiger partial charge in [0.15, 0.2) is 0 Å². The van der Waals surface area contributed by atoms with Gasteiger partial charge in [0, 0.05) is 10.2 Å². The predicted molar refractivity (Wildman–Crippen MR) is 118 cm³/mol. The monoisotopic (exact) mass is 483 g/mol. The largest absolute Gasteiger partial charge is 0.489 e. The zero-order valence-electron chi connectivity index (χ0n) is 17.2. The van der Waals surface area contributed by atoms with Crippen LogP contribution in [0.25, 0.3) is 0 Å². The number of aromatic nitrogens is 4. The van der Waals surface area contributed by atoms with Crippen LogP contribution in [0, 0.1) is 0 Å². The van der Waals surface area contributed by atoms with Gasteiger partial charge in [-0.25, -0.2) is 4.79 Å². The Balaban J connectivity index is 1.57. The molecule has 1 N–H and O–H groups in total. The molecule has 1 atom stereocenters. The first kappa shape index (κ1) is 21.0. The molecule has 0 fully saturated rings. The van der Waals surface area contributed by atoms with Crippen molar-refractivity contribution in [3.05, 3.63) is 75.4 Å². The molecule has 0 bridgehead atoms. The van der Waals surface area contributed by atoms with Gasteiger partial charge in [-0.15, -0.1) is 0 Å². The third-order valence-corrected chi connectivity index (χ3v) is 5.41. The van der Waals surface area contributed by atoms with E-state index in [0.29, 0.717) is 30.4 Å². The summed E-state index contributed by atoms with van der Waals surface area (Å²) < 4.78 is 13.9. The minimum atomic E-state index is -0.490. The highest BCUT2D eigenvalue weighted by Crippen LogP contribution is 2.35. The molecular weight excluding hydrogens is 462 g/mol. The van der Waals surface area contributed by atoms with Crippen molar-refractivity contribution < 1.29 is 14.3 Å². The molecule has 9 heteroatoms. The molecule has 31 heavy (non-hydrogen) atoms. The number of benzene rings is 2. The summed E-state index contributed by atoms with van der Waals surface area (Å²) in [6, 6.07) is 15.1. The lowest BCUT2D eigenvalue weighted by molar-refractivity contribution is -0.139. The number of nitrogens with one attached hydrogen (secondary N) is 1. The quantitative estimate of drug-likeness (QED) is 0.502. The molecule has 3 aromatic rings. The van der Waals surface area contributed by atoms with E-state index in [2.05, 4.69) is 36.8 Å². The van der Waals surface area contributed by atoms with E-state index < -0.39 is 6.04 Å². The molecule has 2 aromatic carbocycles. The Bertz CT molecular complexity index is 1090. The van der Waals surface area contributed by atoms with Crippen LogP contribution in [0.5, 0.6) is 5.75 Å². The van der Waals surface area contributed by atoms with E-state index in [1.807, 2.05) is 62.4 Å². The van der Waals surface area contributed by atoms with Gasteiger partial charge in [0.25, 0.3) is 0 Å². The summed E-state index contributed by atoms with van der Waals surface area (Å²) in [4.78, 5) is 12.8. The molecule has 8 nitrogen and oxygen atoms in total. The Kier molecular flexibility index (Phi) is 6.31. The molecule has 1 unspecified atom stereocenters. The minimum absolute atomic E-state index is 0.355. The number of fused-ring (bicyclic) bond motifs is 1. The first-order valence-electron chi connectivity index (χ1n) is 9.96. The fourth-order valence-corrected chi connectivity index (χ4v) is 3.62. The molecule has 2 heterocycles. The lowest BCUT2D eigenvalue weighted by Crippen LogP contribution is -2.29. The van der Waals surface area contributed by atoms with E-state index >= 15 is 0 Å². The molecule has 1 aromatic heterocycles. The molecular formula is C22H22BrN5O3. The first-order valence-corrected chi connectivity index (χ1v) is 10.8. The smallest absolute Gasteiger partial charge is 0.338 e. The van der Waals surface area contributed by atoms with E-state index in [1.165, 1.54) is 0 Å². The van der Waals surface area contributed by atoms with Gasteiger partial charge in [-0.1, -0.05) is 52.2 Å². The average Bonchev–Trinajstić information content (AvgIpc) is 3.24. The molecule has 0 saturated heterocycles. The Hall–Kier alpha value is -3.20. The van der Waals surface area contributed by atoms with Crippen LogP contribution < -0.4 is 10.1 Å². The summed E-state index contributed by atoms with van der Waals surface area (Å²) in [5.74, 6) is 0.826. The van der Waals surface area contributed by atoms with Crippen molar-refractivity contribution in [2.75, 3.05) is 11.9 Å². The average molecular weight is 484 g/mol. The van der Waals surface area contributed by atoms with Crippen molar-refractivity contribution in [1.29, 1.82) is 0 Å². The molecule has 0 aliphatic carbocycles. The zero-order valence-corrected chi connectivity index (χ0v) is 18.8. The molecule has 4 rings (SSSR count). The third kappa shape index (κ3) is 4.61. The normalized spacial score (nSPS) is 15.3. The molecule has 1 aliphatic rings. The highest BCUT2D eigenvalue weighted by Gasteiger charge is 2.34. The number of carbonyl (C=O) groups excluding carboxylic acids is 1. The van der Waals surface area contributed by atoms with Gasteiger partial charge in [0.2, 0.25) is 5.95 Å². The molecule has 160 valence electrons.